The number of fused-ring (bicyclic) bond motifs is 1. The van der Waals surface area contributed by atoms with Gasteiger partial charge in [-0.1, -0.05) is 42.5 Å². The summed E-state index contributed by atoms with van der Waals surface area (Å²) in [5, 5.41) is 10.4. The molecule has 0 saturated heterocycles. The highest BCUT2D eigenvalue weighted by Crippen LogP contribution is 2.41. The largest absolute Gasteiger partial charge is 0.496 e. The van der Waals surface area contributed by atoms with E-state index < -0.39 is 5.60 Å². The summed E-state index contributed by atoms with van der Waals surface area (Å²) in [6, 6.07) is 13.8. The van der Waals surface area contributed by atoms with Gasteiger partial charge in [-0.05, 0) is 62.8 Å². The number of hydrogen-bond donors (Lipinski definition) is 1. The monoisotopic (exact) mass is 411 g/mol. The van der Waals surface area contributed by atoms with Crippen LogP contribution in [0.5, 0.6) is 5.75 Å². The Kier molecular flexibility index (Phi) is 6.71. The Morgan fingerprint density at radius 1 is 1.17 bits per heavy atom. The van der Waals surface area contributed by atoms with Gasteiger partial charge < -0.3 is 19.5 Å². The smallest absolute Gasteiger partial charge is 0.410 e. The van der Waals surface area contributed by atoms with Crippen molar-refractivity contribution in [2.75, 3.05) is 13.7 Å². The molecule has 1 amide bonds. The maximum absolute atomic E-state index is 13.2. The van der Waals surface area contributed by atoms with Crippen molar-refractivity contribution in [1.29, 1.82) is 0 Å². The number of amides is 1. The highest BCUT2D eigenvalue weighted by Gasteiger charge is 2.38. The van der Waals surface area contributed by atoms with Crippen molar-refractivity contribution in [3.8, 4) is 5.75 Å². The van der Waals surface area contributed by atoms with E-state index in [1.807, 2.05) is 64.1 Å². The van der Waals surface area contributed by atoms with Gasteiger partial charge >= 0.3 is 6.09 Å². The molecule has 0 radical (unpaired) electrons. The zero-order valence-electron chi connectivity index (χ0n) is 18.6. The van der Waals surface area contributed by atoms with Crippen LogP contribution in [0.3, 0.4) is 0 Å². The molecule has 0 bridgehead atoms. The van der Waals surface area contributed by atoms with Crippen LogP contribution in [0.4, 0.5) is 4.79 Å². The zero-order valence-corrected chi connectivity index (χ0v) is 18.6. The minimum Gasteiger partial charge on any atom is -0.496 e. The first-order chi connectivity index (χ1) is 14.2. The van der Waals surface area contributed by atoms with Gasteiger partial charge in [0.15, 0.2) is 0 Å². The summed E-state index contributed by atoms with van der Waals surface area (Å²) in [4.78, 5) is 15.0. The Bertz CT molecular complexity index is 873. The van der Waals surface area contributed by atoms with Gasteiger partial charge in [0.1, 0.15) is 11.4 Å². The third-order valence-corrected chi connectivity index (χ3v) is 5.67. The van der Waals surface area contributed by atoms with E-state index in [2.05, 4.69) is 6.07 Å². The van der Waals surface area contributed by atoms with Gasteiger partial charge in [0.2, 0.25) is 0 Å². The Morgan fingerprint density at radius 3 is 2.47 bits per heavy atom. The van der Waals surface area contributed by atoms with E-state index in [0.717, 1.165) is 40.8 Å². The molecule has 0 aromatic heterocycles. The Balaban J connectivity index is 1.99. The third kappa shape index (κ3) is 4.78. The van der Waals surface area contributed by atoms with E-state index in [1.165, 1.54) is 0 Å². The van der Waals surface area contributed by atoms with Gasteiger partial charge in [-0.15, -0.1) is 0 Å². The molecule has 0 heterocycles. The molecule has 1 aliphatic carbocycles. The average molecular weight is 412 g/mol. The number of aryl methyl sites for hydroxylation is 1. The van der Waals surface area contributed by atoms with Crippen LogP contribution in [0.1, 0.15) is 55.4 Å². The molecule has 0 fully saturated rings. The molecule has 2 aromatic rings. The second-order valence-corrected chi connectivity index (χ2v) is 8.97. The average Bonchev–Trinajstić information content (AvgIpc) is 2.70. The first kappa shape index (κ1) is 22.2. The van der Waals surface area contributed by atoms with Crippen LogP contribution in [0.2, 0.25) is 0 Å². The lowest BCUT2D eigenvalue weighted by Crippen LogP contribution is -2.48. The molecule has 30 heavy (non-hydrogen) atoms. The minimum absolute atomic E-state index is 0.0437. The number of ether oxygens (including phenoxy) is 2. The molecule has 5 heteroatoms. The van der Waals surface area contributed by atoms with Gasteiger partial charge in [-0.2, -0.15) is 0 Å². The van der Waals surface area contributed by atoms with Crippen LogP contribution in [-0.2, 0) is 17.7 Å². The summed E-state index contributed by atoms with van der Waals surface area (Å²) >= 11 is 0. The molecular weight excluding hydrogens is 378 g/mol. The number of aliphatic hydroxyl groups excluding tert-OH is 1. The minimum atomic E-state index is -0.590. The predicted octanol–water partition coefficient (Wildman–Crippen LogP) is 4.83. The van der Waals surface area contributed by atoms with Crippen molar-refractivity contribution in [2.24, 2.45) is 0 Å². The van der Waals surface area contributed by atoms with Gasteiger partial charge in [0.05, 0.1) is 13.7 Å². The van der Waals surface area contributed by atoms with Crippen molar-refractivity contribution in [3.63, 3.8) is 0 Å². The SMILES string of the molecule is COc1c(C)ccc2c1CC[C@H](N(Cc1ccccc1)C(=O)OC(C)(C)C)[C@H]2CO. The number of methoxy groups -OCH3 is 1. The topological polar surface area (TPSA) is 59.0 Å². The molecule has 0 aliphatic heterocycles. The standard InChI is InChI=1S/C25H33NO4/c1-17-11-12-19-20(23(17)29-5)13-14-22(21(19)16-27)26(24(28)30-25(2,3)4)15-18-9-7-6-8-10-18/h6-12,21-22,27H,13-16H2,1-5H3/t21-,22-/m0/s1. The van der Waals surface area contributed by atoms with Crippen molar-refractivity contribution in [3.05, 3.63) is 64.7 Å². The lowest BCUT2D eigenvalue weighted by atomic mass is 9.77. The molecule has 2 atom stereocenters. The summed E-state index contributed by atoms with van der Waals surface area (Å²) in [6.45, 7) is 8.05. The van der Waals surface area contributed by atoms with Gasteiger partial charge in [0.25, 0.3) is 0 Å². The van der Waals surface area contributed by atoms with Crippen molar-refractivity contribution in [1.82, 2.24) is 4.90 Å². The molecule has 162 valence electrons. The van der Waals surface area contributed by atoms with E-state index >= 15 is 0 Å². The lowest BCUT2D eigenvalue weighted by Gasteiger charge is -2.41. The van der Waals surface area contributed by atoms with E-state index in [1.54, 1.807) is 12.0 Å². The number of carbonyl (C=O) groups is 1. The lowest BCUT2D eigenvalue weighted by molar-refractivity contribution is 0.00624. The second kappa shape index (κ2) is 9.09. The number of hydrogen-bond acceptors (Lipinski definition) is 4. The molecule has 1 N–H and O–H groups in total. The quantitative estimate of drug-likeness (QED) is 0.765. The maximum atomic E-state index is 13.2. The van der Waals surface area contributed by atoms with E-state index in [0.29, 0.717) is 6.54 Å². The van der Waals surface area contributed by atoms with Crippen molar-refractivity contribution < 1.29 is 19.4 Å². The predicted molar refractivity (Wildman–Crippen MR) is 118 cm³/mol. The number of carbonyl (C=O) groups excluding carboxylic acids is 1. The van der Waals surface area contributed by atoms with Crippen molar-refractivity contribution in [2.45, 2.75) is 64.6 Å². The van der Waals surface area contributed by atoms with Crippen LogP contribution < -0.4 is 4.74 Å². The van der Waals surface area contributed by atoms with Crippen LogP contribution in [-0.4, -0.2) is 41.5 Å². The molecule has 0 unspecified atom stereocenters. The molecular formula is C25H33NO4. The third-order valence-electron chi connectivity index (χ3n) is 5.67. The van der Waals surface area contributed by atoms with Crippen LogP contribution in [0.25, 0.3) is 0 Å². The van der Waals surface area contributed by atoms with Gasteiger partial charge in [0, 0.05) is 18.5 Å². The Labute approximate surface area is 179 Å². The normalized spacial score (nSPS) is 18.5. The summed E-state index contributed by atoms with van der Waals surface area (Å²) in [7, 11) is 1.69. The summed E-state index contributed by atoms with van der Waals surface area (Å²) < 4.78 is 11.4. The van der Waals surface area contributed by atoms with Crippen molar-refractivity contribution >= 4 is 6.09 Å². The summed E-state index contributed by atoms with van der Waals surface area (Å²) in [5.74, 6) is 0.691. The number of aliphatic hydroxyl groups is 1. The van der Waals surface area contributed by atoms with Gasteiger partial charge in [-0.3, -0.25) is 0 Å². The second-order valence-electron chi connectivity index (χ2n) is 8.97. The van der Waals surface area contributed by atoms with Crippen LogP contribution in [0, 0.1) is 6.92 Å². The highest BCUT2D eigenvalue weighted by atomic mass is 16.6. The number of nitrogens with zero attached hydrogens (tertiary/aromatic N) is 1. The molecule has 5 nitrogen and oxygen atoms in total. The zero-order chi connectivity index (χ0) is 21.9. The molecule has 1 aliphatic rings. The molecule has 0 saturated carbocycles. The van der Waals surface area contributed by atoms with E-state index in [4.69, 9.17) is 9.47 Å². The maximum Gasteiger partial charge on any atom is 0.410 e. The fourth-order valence-electron chi connectivity index (χ4n) is 4.36. The molecule has 2 aromatic carbocycles. The van der Waals surface area contributed by atoms with Crippen LogP contribution in [0.15, 0.2) is 42.5 Å². The number of rotatable bonds is 5. The van der Waals surface area contributed by atoms with E-state index in [9.17, 15) is 9.90 Å². The Hall–Kier alpha value is -2.53. The molecule has 0 spiro atoms. The highest BCUT2D eigenvalue weighted by molar-refractivity contribution is 5.69. The first-order valence-electron chi connectivity index (χ1n) is 10.6. The summed E-state index contributed by atoms with van der Waals surface area (Å²) in [6.07, 6.45) is 1.18. The van der Waals surface area contributed by atoms with E-state index in [-0.39, 0.29) is 24.7 Å². The molecule has 3 rings (SSSR count). The van der Waals surface area contributed by atoms with Crippen LogP contribution >= 0.6 is 0 Å². The summed E-state index contributed by atoms with van der Waals surface area (Å²) in [5.41, 5.74) is 3.72. The first-order valence-corrected chi connectivity index (χ1v) is 10.6. The fraction of sp³-hybridized carbons (Fsp3) is 0.480. The fourth-order valence-corrected chi connectivity index (χ4v) is 4.36. The number of benzene rings is 2. The Morgan fingerprint density at radius 2 is 1.87 bits per heavy atom. The van der Waals surface area contributed by atoms with Gasteiger partial charge in [-0.25, -0.2) is 4.79 Å².